The minimum Gasteiger partial charge on any atom is -0.298 e. The van der Waals surface area contributed by atoms with Crippen molar-refractivity contribution in [2.75, 3.05) is 32.4 Å². The van der Waals surface area contributed by atoms with Crippen LogP contribution in [0.15, 0.2) is 46.2 Å². The van der Waals surface area contributed by atoms with Crippen LogP contribution in [0.5, 0.6) is 0 Å². The molecule has 1 saturated heterocycles. The van der Waals surface area contributed by atoms with Crippen LogP contribution in [0.2, 0.25) is 10.0 Å². The van der Waals surface area contributed by atoms with Gasteiger partial charge in [-0.25, -0.2) is 16.8 Å². The lowest BCUT2D eigenvalue weighted by atomic mass is 10.2. The molecule has 2 aromatic carbocycles. The van der Waals surface area contributed by atoms with E-state index in [2.05, 4.69) is 4.90 Å². The maximum absolute atomic E-state index is 13.2. The molecular formula is C20H24Cl2N2O4S2. The molecule has 6 nitrogen and oxygen atoms in total. The zero-order valence-corrected chi connectivity index (χ0v) is 20.0. The maximum Gasteiger partial charge on any atom is 0.244 e. The summed E-state index contributed by atoms with van der Waals surface area (Å²) in [5, 5.41) is 0.535. The van der Waals surface area contributed by atoms with Crippen LogP contribution in [0.4, 0.5) is 0 Å². The molecule has 1 aliphatic heterocycles. The maximum atomic E-state index is 13.2. The quantitative estimate of drug-likeness (QED) is 0.639. The number of sulfonamides is 1. The summed E-state index contributed by atoms with van der Waals surface area (Å²) in [5.74, 6) is 0. The average Bonchev–Trinajstić information content (AvgIpc) is 2.86. The highest BCUT2D eigenvalue weighted by molar-refractivity contribution is 7.90. The summed E-state index contributed by atoms with van der Waals surface area (Å²) >= 11 is 12.2. The lowest BCUT2D eigenvalue weighted by Crippen LogP contribution is -2.35. The summed E-state index contributed by atoms with van der Waals surface area (Å²) in [5.41, 5.74) is 1.51. The van der Waals surface area contributed by atoms with Gasteiger partial charge >= 0.3 is 0 Å². The van der Waals surface area contributed by atoms with Gasteiger partial charge in [-0.1, -0.05) is 35.3 Å². The molecule has 0 spiro atoms. The van der Waals surface area contributed by atoms with Crippen LogP contribution in [-0.2, 0) is 26.4 Å². The summed E-state index contributed by atoms with van der Waals surface area (Å²) in [6.07, 6.45) is 1.87. The number of sulfone groups is 1. The molecule has 0 aliphatic carbocycles. The zero-order chi connectivity index (χ0) is 22.1. The number of nitrogens with zero attached hydrogens (tertiary/aromatic N) is 2. The molecule has 3 rings (SSSR count). The Morgan fingerprint density at radius 3 is 2.20 bits per heavy atom. The summed E-state index contributed by atoms with van der Waals surface area (Å²) in [4.78, 5) is 2.56. The smallest absolute Gasteiger partial charge is 0.244 e. The fourth-order valence-corrected chi connectivity index (χ4v) is 6.83. The van der Waals surface area contributed by atoms with Crippen LogP contribution in [0.3, 0.4) is 0 Å². The molecule has 0 saturated carbocycles. The van der Waals surface area contributed by atoms with E-state index in [4.69, 9.17) is 23.2 Å². The van der Waals surface area contributed by atoms with Crippen molar-refractivity contribution in [2.45, 2.75) is 29.7 Å². The molecule has 1 fully saturated rings. The summed E-state index contributed by atoms with van der Waals surface area (Å²) in [7, 11) is -6.96. The molecule has 164 valence electrons. The topological polar surface area (TPSA) is 74.8 Å². The monoisotopic (exact) mass is 490 g/mol. The van der Waals surface area contributed by atoms with E-state index in [0.717, 1.165) is 12.1 Å². The first-order chi connectivity index (χ1) is 14.0. The number of aryl methyl sites for hydroxylation is 1. The molecule has 0 N–H and O–H groups in total. The highest BCUT2D eigenvalue weighted by Gasteiger charge is 2.30. The molecule has 0 atom stereocenters. The molecule has 0 aromatic heterocycles. The number of rotatable bonds is 5. The van der Waals surface area contributed by atoms with Crippen molar-refractivity contribution in [2.24, 2.45) is 0 Å². The Hall–Kier alpha value is -1.16. The van der Waals surface area contributed by atoms with Gasteiger partial charge in [-0.3, -0.25) is 4.90 Å². The van der Waals surface area contributed by atoms with Crippen molar-refractivity contribution in [3.63, 3.8) is 0 Å². The Balaban J connectivity index is 1.72. The van der Waals surface area contributed by atoms with E-state index in [1.54, 1.807) is 37.3 Å². The largest absolute Gasteiger partial charge is 0.298 e. The van der Waals surface area contributed by atoms with Gasteiger partial charge in [0.25, 0.3) is 0 Å². The van der Waals surface area contributed by atoms with Gasteiger partial charge in [0.15, 0.2) is 9.84 Å². The predicted molar refractivity (Wildman–Crippen MR) is 119 cm³/mol. The third-order valence-corrected chi connectivity index (χ3v) is 8.96. The van der Waals surface area contributed by atoms with Crippen LogP contribution in [-0.4, -0.2) is 58.5 Å². The summed E-state index contributed by atoms with van der Waals surface area (Å²) < 4.78 is 51.1. The lowest BCUT2D eigenvalue weighted by molar-refractivity contribution is 0.278. The van der Waals surface area contributed by atoms with E-state index in [1.165, 1.54) is 16.6 Å². The third kappa shape index (κ3) is 5.36. The van der Waals surface area contributed by atoms with Crippen LogP contribution in [0, 0.1) is 6.92 Å². The van der Waals surface area contributed by atoms with Gasteiger partial charge in [0.2, 0.25) is 10.0 Å². The summed E-state index contributed by atoms with van der Waals surface area (Å²) in [6, 6.07) is 9.85. The van der Waals surface area contributed by atoms with E-state index >= 15 is 0 Å². The van der Waals surface area contributed by atoms with E-state index in [9.17, 15) is 16.8 Å². The molecular weight excluding hydrogens is 467 g/mol. The van der Waals surface area contributed by atoms with Crippen LogP contribution in [0.25, 0.3) is 0 Å². The van der Waals surface area contributed by atoms with Gasteiger partial charge in [0, 0.05) is 37.5 Å². The van der Waals surface area contributed by atoms with Crippen molar-refractivity contribution in [3.8, 4) is 0 Å². The molecule has 0 amide bonds. The predicted octanol–water partition coefficient (Wildman–Crippen LogP) is 3.60. The first-order valence-electron chi connectivity index (χ1n) is 9.45. The van der Waals surface area contributed by atoms with Gasteiger partial charge in [-0.05, 0) is 55.3 Å². The molecule has 1 heterocycles. The van der Waals surface area contributed by atoms with Crippen LogP contribution >= 0.6 is 23.2 Å². The number of benzene rings is 2. The SMILES string of the molecule is Cc1cc(Cl)cc(Cl)c1S(=O)(=O)N1CCCN(Cc2ccc(S(C)(=O)=O)cc2)CC1. The lowest BCUT2D eigenvalue weighted by Gasteiger charge is -2.23. The summed E-state index contributed by atoms with van der Waals surface area (Å²) in [6.45, 7) is 4.38. The minimum absolute atomic E-state index is 0.110. The fourth-order valence-electron chi connectivity index (χ4n) is 3.59. The molecule has 1 aliphatic rings. The normalized spacial score (nSPS) is 17.1. The van der Waals surface area contributed by atoms with Crippen LogP contribution in [0.1, 0.15) is 17.5 Å². The number of halogens is 2. The first-order valence-corrected chi connectivity index (χ1v) is 13.5. The second-order valence-corrected chi connectivity index (χ2v) is 12.2. The van der Waals surface area contributed by atoms with Crippen molar-refractivity contribution in [1.82, 2.24) is 9.21 Å². The van der Waals surface area contributed by atoms with E-state index in [1.807, 2.05) is 0 Å². The van der Waals surface area contributed by atoms with Gasteiger partial charge < -0.3 is 0 Å². The van der Waals surface area contributed by atoms with Gasteiger partial charge in [0.1, 0.15) is 4.90 Å². The van der Waals surface area contributed by atoms with Gasteiger partial charge in [-0.15, -0.1) is 0 Å². The Morgan fingerprint density at radius 1 is 0.933 bits per heavy atom. The molecule has 30 heavy (non-hydrogen) atoms. The Labute approximate surface area is 188 Å². The van der Waals surface area contributed by atoms with Crippen molar-refractivity contribution in [3.05, 3.63) is 57.6 Å². The standard InChI is InChI=1S/C20H24Cl2N2O4S2/c1-15-12-17(21)13-19(22)20(15)30(27,28)24-9-3-8-23(10-11-24)14-16-4-6-18(7-5-16)29(2,25)26/h4-7,12-13H,3,8-11,14H2,1-2H3. The number of hydrogen-bond acceptors (Lipinski definition) is 5. The van der Waals surface area contributed by atoms with E-state index in [0.29, 0.717) is 43.2 Å². The van der Waals surface area contributed by atoms with E-state index in [-0.39, 0.29) is 14.8 Å². The Kier molecular flexibility index (Phi) is 7.16. The highest BCUT2D eigenvalue weighted by atomic mass is 35.5. The second-order valence-electron chi connectivity index (χ2n) is 7.48. The van der Waals surface area contributed by atoms with Crippen molar-refractivity contribution < 1.29 is 16.8 Å². The van der Waals surface area contributed by atoms with E-state index < -0.39 is 19.9 Å². The molecule has 10 heteroatoms. The zero-order valence-electron chi connectivity index (χ0n) is 16.8. The molecule has 0 bridgehead atoms. The minimum atomic E-state index is -3.73. The van der Waals surface area contributed by atoms with Gasteiger partial charge in [0.05, 0.1) is 9.92 Å². The van der Waals surface area contributed by atoms with Gasteiger partial charge in [-0.2, -0.15) is 4.31 Å². The van der Waals surface area contributed by atoms with Crippen molar-refractivity contribution in [1.29, 1.82) is 0 Å². The first kappa shape index (κ1) is 23.5. The molecule has 2 aromatic rings. The Bertz CT molecular complexity index is 1110. The second kappa shape index (κ2) is 9.14. The highest BCUT2D eigenvalue weighted by Crippen LogP contribution is 2.31. The molecule has 0 radical (unpaired) electrons. The van der Waals surface area contributed by atoms with Crippen LogP contribution < -0.4 is 0 Å². The number of hydrogen-bond donors (Lipinski definition) is 0. The Morgan fingerprint density at radius 2 is 1.60 bits per heavy atom. The van der Waals surface area contributed by atoms with Crippen molar-refractivity contribution >= 4 is 43.1 Å². The fraction of sp³-hybridized carbons (Fsp3) is 0.400. The third-order valence-electron chi connectivity index (χ3n) is 5.10. The molecule has 0 unspecified atom stereocenters. The average molecular weight is 491 g/mol.